The van der Waals surface area contributed by atoms with E-state index in [4.69, 9.17) is 0 Å². The van der Waals surface area contributed by atoms with Crippen LogP contribution in [-0.2, 0) is 35.2 Å². The van der Waals surface area contributed by atoms with Crippen molar-refractivity contribution in [3.8, 4) is 0 Å². The van der Waals surface area contributed by atoms with Crippen molar-refractivity contribution in [2.75, 3.05) is 0 Å². The van der Waals surface area contributed by atoms with E-state index in [2.05, 4.69) is 40.7 Å². The van der Waals surface area contributed by atoms with Crippen molar-refractivity contribution < 1.29 is 0 Å². The summed E-state index contributed by atoms with van der Waals surface area (Å²) < 4.78 is 8.69. The van der Waals surface area contributed by atoms with Crippen LogP contribution in [0.1, 0.15) is 69.2 Å². The Bertz CT molecular complexity index is 742. The summed E-state index contributed by atoms with van der Waals surface area (Å²) in [5.41, 5.74) is 0. The lowest BCUT2D eigenvalue weighted by Gasteiger charge is -1.77. The first-order chi connectivity index (χ1) is 19.5. The monoisotopic (exact) mass is 563 g/mol. The van der Waals surface area contributed by atoms with Crippen LogP contribution < -0.4 is 0 Å². The van der Waals surface area contributed by atoms with E-state index >= 15 is 0 Å². The summed E-state index contributed by atoms with van der Waals surface area (Å²) in [6.45, 7) is 20.0. The van der Waals surface area contributed by atoms with E-state index in [0.29, 0.717) is 0 Å². The first kappa shape index (κ1) is 45.7. The third-order valence-electron chi connectivity index (χ3n) is 2.88. The molecule has 0 bridgehead atoms. The average molecular weight is 564 g/mol. The highest BCUT2D eigenvalue weighted by molar-refractivity contribution is 4.75. The predicted octanol–water partition coefficient (Wildman–Crippen LogP) is 5.42. The van der Waals surface area contributed by atoms with Gasteiger partial charge >= 0.3 is 0 Å². The van der Waals surface area contributed by atoms with Crippen LogP contribution in [0.2, 0.25) is 0 Å². The topological polar surface area (TPSA) is 128 Å². The highest BCUT2D eigenvalue weighted by Crippen LogP contribution is 1.74. The minimum absolute atomic E-state index is 1.50. The molecule has 0 saturated carbocycles. The molecular weight excluding hydrogens is 506 g/mol. The summed E-state index contributed by atoms with van der Waals surface area (Å²) >= 11 is 0. The number of imidazole rings is 1. The van der Waals surface area contributed by atoms with Crippen LogP contribution in [0, 0.1) is 0 Å². The lowest BCUT2D eigenvalue weighted by molar-refractivity contribution is 0.715. The van der Waals surface area contributed by atoms with E-state index in [1.165, 1.54) is 6.33 Å². The van der Waals surface area contributed by atoms with Gasteiger partial charge in [0.2, 0.25) is 0 Å². The number of aromatic nitrogens is 13. The SMILES string of the molecule is CC.CC.CC.CC.CC.Cn1cccn1.Cn1ccnc1.Cn1ccnn1.Cn1cncn1.Cn1cnnc1. The fourth-order valence-electron chi connectivity index (χ4n) is 1.46. The second-order valence-electron chi connectivity index (χ2n) is 5.68. The molecule has 5 aromatic rings. The molecule has 40 heavy (non-hydrogen) atoms. The molecule has 0 radical (unpaired) electrons. The highest BCUT2D eigenvalue weighted by Gasteiger charge is 1.72. The maximum absolute atomic E-state index is 3.83. The van der Waals surface area contributed by atoms with E-state index in [0.717, 1.165) is 0 Å². The average Bonchev–Trinajstić information content (AvgIpc) is 3.86. The van der Waals surface area contributed by atoms with Crippen LogP contribution in [0.15, 0.2) is 74.9 Å². The smallest absolute Gasteiger partial charge is 0.137 e. The molecule has 230 valence electrons. The third-order valence-corrected chi connectivity index (χ3v) is 2.88. The summed E-state index contributed by atoms with van der Waals surface area (Å²) in [6.07, 6.45) is 18.9. The standard InChI is InChI=1S/2C4H6N2.3C3H5N3.5C2H6/c1-6-3-2-5-4-6;1-6-4-2-3-5-6;1-6-2-4-5-3-6;1-6-3-4-2-5-6;1-6-3-2-4-5-6;5*1-2/h2*2-4H,1H3;3*2-3H,1H3;5*1-2H3. The van der Waals surface area contributed by atoms with Crippen LogP contribution in [0.25, 0.3) is 0 Å². The van der Waals surface area contributed by atoms with Crippen molar-refractivity contribution in [3.05, 3.63) is 74.9 Å². The first-order valence-electron chi connectivity index (χ1n) is 13.7. The molecule has 0 aliphatic heterocycles. The van der Waals surface area contributed by atoms with Gasteiger partial charge in [-0.15, -0.1) is 15.3 Å². The van der Waals surface area contributed by atoms with Crippen molar-refractivity contribution in [1.29, 1.82) is 0 Å². The summed E-state index contributed by atoms with van der Waals surface area (Å²) in [5.74, 6) is 0. The Kier molecular flexibility index (Phi) is 48.0. The molecule has 5 heterocycles. The van der Waals surface area contributed by atoms with Gasteiger partial charge in [0.15, 0.2) is 0 Å². The molecule has 0 amide bonds. The Balaban J connectivity index is -0.000000118. The van der Waals surface area contributed by atoms with Gasteiger partial charge < -0.3 is 9.13 Å². The van der Waals surface area contributed by atoms with Gasteiger partial charge in [0, 0.05) is 66.2 Å². The number of rotatable bonds is 0. The number of hydrogen-bond donors (Lipinski definition) is 0. The fourth-order valence-corrected chi connectivity index (χ4v) is 1.46. The van der Waals surface area contributed by atoms with E-state index < -0.39 is 0 Å². The fraction of sp³-hybridized carbons (Fsp3) is 0.556. The molecule has 0 fully saturated rings. The van der Waals surface area contributed by atoms with E-state index in [-0.39, 0.29) is 0 Å². The van der Waals surface area contributed by atoms with Crippen molar-refractivity contribution >= 4 is 0 Å². The minimum atomic E-state index is 1.50. The molecule has 0 unspecified atom stereocenters. The van der Waals surface area contributed by atoms with Crippen molar-refractivity contribution in [1.82, 2.24) is 63.9 Å². The van der Waals surface area contributed by atoms with Gasteiger partial charge in [0.05, 0.1) is 12.5 Å². The Morgan fingerprint density at radius 1 is 0.425 bits per heavy atom. The molecule has 0 atom stereocenters. The van der Waals surface area contributed by atoms with Gasteiger partial charge in [-0.2, -0.15) is 10.2 Å². The Hall–Kier alpha value is -4.16. The number of aryl methyl sites for hydroxylation is 5. The molecule has 13 nitrogen and oxygen atoms in total. The zero-order valence-electron chi connectivity index (χ0n) is 27.7. The first-order valence-corrected chi connectivity index (χ1v) is 13.7. The molecule has 5 aromatic heterocycles. The second kappa shape index (κ2) is 41.9. The minimum Gasteiger partial charge on any atom is -0.341 e. The molecule has 5 rings (SSSR count). The van der Waals surface area contributed by atoms with Crippen molar-refractivity contribution in [2.45, 2.75) is 69.2 Å². The summed E-state index contributed by atoms with van der Waals surface area (Å²) in [4.78, 5) is 7.46. The lowest BCUT2D eigenvalue weighted by atomic mass is 10.8. The van der Waals surface area contributed by atoms with Gasteiger partial charge in [-0.05, 0) is 6.07 Å². The second-order valence-corrected chi connectivity index (χ2v) is 5.68. The Morgan fingerprint density at radius 2 is 1.00 bits per heavy atom. The zero-order valence-corrected chi connectivity index (χ0v) is 27.7. The molecule has 0 saturated heterocycles. The van der Waals surface area contributed by atoms with Gasteiger partial charge in [0.1, 0.15) is 25.3 Å². The summed E-state index contributed by atoms with van der Waals surface area (Å²) in [5, 5.41) is 21.7. The van der Waals surface area contributed by atoms with Crippen LogP contribution in [0.5, 0.6) is 0 Å². The van der Waals surface area contributed by atoms with Crippen LogP contribution in [0.3, 0.4) is 0 Å². The van der Waals surface area contributed by atoms with Crippen LogP contribution in [0.4, 0.5) is 0 Å². The quantitative estimate of drug-likeness (QED) is 0.244. The molecule has 0 spiro atoms. The molecule has 13 heteroatoms. The molecule has 0 N–H and O–H groups in total. The Labute approximate surface area is 243 Å². The molecule has 0 aromatic carbocycles. The third kappa shape index (κ3) is 38.4. The van der Waals surface area contributed by atoms with Crippen LogP contribution in [-0.4, -0.2) is 63.9 Å². The van der Waals surface area contributed by atoms with Gasteiger partial charge in [-0.1, -0.05) is 74.5 Å². The van der Waals surface area contributed by atoms with Crippen molar-refractivity contribution in [3.63, 3.8) is 0 Å². The largest absolute Gasteiger partial charge is 0.341 e. The van der Waals surface area contributed by atoms with Gasteiger partial charge in [-0.3, -0.25) is 14.0 Å². The molecule has 0 aliphatic rings. The van der Waals surface area contributed by atoms with E-state index in [9.17, 15) is 0 Å². The highest BCUT2D eigenvalue weighted by atomic mass is 15.4. The predicted molar refractivity (Wildman–Crippen MR) is 166 cm³/mol. The van der Waals surface area contributed by atoms with Gasteiger partial charge in [0.25, 0.3) is 0 Å². The maximum atomic E-state index is 3.83. The van der Waals surface area contributed by atoms with Gasteiger partial charge in [-0.25, -0.2) is 9.97 Å². The molecular formula is C27H57N13. The summed E-state index contributed by atoms with van der Waals surface area (Å²) in [7, 11) is 9.35. The number of nitrogens with zero attached hydrogens (tertiary/aromatic N) is 13. The lowest BCUT2D eigenvalue weighted by Crippen LogP contribution is -1.85. The van der Waals surface area contributed by atoms with Crippen LogP contribution >= 0.6 is 0 Å². The van der Waals surface area contributed by atoms with E-state index in [1.54, 1.807) is 68.7 Å². The number of hydrogen-bond acceptors (Lipinski definition) is 8. The maximum Gasteiger partial charge on any atom is 0.137 e. The zero-order chi connectivity index (χ0) is 32.0. The normalized spacial score (nSPS) is 7.38. The Morgan fingerprint density at radius 3 is 1.12 bits per heavy atom. The van der Waals surface area contributed by atoms with E-state index in [1.807, 2.05) is 128 Å². The van der Waals surface area contributed by atoms with Crippen molar-refractivity contribution in [2.24, 2.45) is 35.2 Å². The summed E-state index contributed by atoms with van der Waals surface area (Å²) in [6, 6.07) is 1.89. The molecule has 0 aliphatic carbocycles.